The fourth-order valence-corrected chi connectivity index (χ4v) is 6.09. The maximum Gasteiger partial charge on any atom is 0.257 e. The molecule has 1 aliphatic heterocycles. The number of aromatic nitrogens is 2. The topological polar surface area (TPSA) is 92.3 Å². The number of sulfonamides is 1. The van der Waals surface area contributed by atoms with Crippen LogP contribution >= 0.6 is 11.3 Å². The standard InChI is InChI=1S/C20H28N4O3S2/c1-4-5-6-18-22-23-20(28-18)21-19(25)16-7-9-17(10-8-16)29(26,27)24-12-14(2)11-15(3)13-24/h7-10,14-15H,4-6,11-13H2,1-3H3,(H,21,23,25). The van der Waals surface area contributed by atoms with Crippen molar-refractivity contribution in [2.24, 2.45) is 11.8 Å². The molecule has 0 spiro atoms. The molecule has 0 radical (unpaired) electrons. The van der Waals surface area contributed by atoms with Gasteiger partial charge >= 0.3 is 0 Å². The van der Waals surface area contributed by atoms with Gasteiger partial charge in [-0.1, -0.05) is 38.5 Å². The molecule has 29 heavy (non-hydrogen) atoms. The first-order valence-electron chi connectivity index (χ1n) is 10.0. The second-order valence-electron chi connectivity index (χ2n) is 7.85. The number of rotatable bonds is 7. The summed E-state index contributed by atoms with van der Waals surface area (Å²) < 4.78 is 27.5. The van der Waals surface area contributed by atoms with E-state index in [1.807, 2.05) is 0 Å². The highest BCUT2D eigenvalue weighted by Gasteiger charge is 2.31. The molecule has 9 heteroatoms. The van der Waals surface area contributed by atoms with E-state index in [4.69, 9.17) is 0 Å². The highest BCUT2D eigenvalue weighted by atomic mass is 32.2. The summed E-state index contributed by atoms with van der Waals surface area (Å²) in [5, 5.41) is 12.2. The molecular formula is C20H28N4O3S2. The van der Waals surface area contributed by atoms with Gasteiger partial charge in [0.15, 0.2) is 0 Å². The smallest absolute Gasteiger partial charge is 0.257 e. The van der Waals surface area contributed by atoms with Crippen LogP contribution in [0.5, 0.6) is 0 Å². The van der Waals surface area contributed by atoms with Gasteiger partial charge in [0, 0.05) is 25.1 Å². The maximum atomic E-state index is 12.9. The summed E-state index contributed by atoms with van der Waals surface area (Å²) in [6.07, 6.45) is 4.00. The number of carbonyl (C=O) groups excluding carboxylic acids is 1. The first-order chi connectivity index (χ1) is 13.8. The van der Waals surface area contributed by atoms with Crippen LogP contribution in [0.25, 0.3) is 0 Å². The molecule has 7 nitrogen and oxygen atoms in total. The lowest BCUT2D eigenvalue weighted by molar-refractivity contribution is 0.102. The van der Waals surface area contributed by atoms with E-state index >= 15 is 0 Å². The van der Waals surface area contributed by atoms with Gasteiger partial charge in [-0.05, 0) is 48.9 Å². The number of nitrogens with zero attached hydrogens (tertiary/aromatic N) is 3. The third-order valence-electron chi connectivity index (χ3n) is 5.02. The predicted molar refractivity (Wildman–Crippen MR) is 115 cm³/mol. The Kier molecular flexibility index (Phi) is 7.02. The first-order valence-corrected chi connectivity index (χ1v) is 12.3. The van der Waals surface area contributed by atoms with Gasteiger partial charge in [0.2, 0.25) is 15.2 Å². The number of benzene rings is 1. The molecule has 1 N–H and O–H groups in total. The number of hydrogen-bond donors (Lipinski definition) is 1. The summed E-state index contributed by atoms with van der Waals surface area (Å²) in [4.78, 5) is 12.7. The average Bonchev–Trinajstić information content (AvgIpc) is 3.13. The average molecular weight is 437 g/mol. The Balaban J connectivity index is 1.67. The van der Waals surface area contributed by atoms with E-state index in [2.05, 4.69) is 36.3 Å². The summed E-state index contributed by atoms with van der Waals surface area (Å²) in [6, 6.07) is 6.08. The number of nitrogens with one attached hydrogen (secondary N) is 1. The van der Waals surface area contributed by atoms with Crippen LogP contribution < -0.4 is 5.32 Å². The Morgan fingerprint density at radius 2 is 1.83 bits per heavy atom. The molecule has 2 aromatic rings. The van der Waals surface area contributed by atoms with Gasteiger partial charge in [-0.25, -0.2) is 8.42 Å². The van der Waals surface area contributed by atoms with Crippen molar-refractivity contribution >= 4 is 32.4 Å². The summed E-state index contributed by atoms with van der Waals surface area (Å²) in [5.41, 5.74) is 0.384. The van der Waals surface area contributed by atoms with Crippen molar-refractivity contribution in [3.8, 4) is 0 Å². The quantitative estimate of drug-likeness (QED) is 0.713. The molecule has 1 amide bonds. The lowest BCUT2D eigenvalue weighted by Crippen LogP contribution is -2.42. The summed E-state index contributed by atoms with van der Waals surface area (Å²) in [7, 11) is -3.55. The van der Waals surface area contributed by atoms with Crippen LogP contribution in [0.4, 0.5) is 5.13 Å². The Bertz CT molecular complexity index is 931. The Morgan fingerprint density at radius 1 is 1.17 bits per heavy atom. The van der Waals surface area contributed by atoms with E-state index in [9.17, 15) is 13.2 Å². The van der Waals surface area contributed by atoms with Gasteiger partial charge in [-0.3, -0.25) is 10.1 Å². The Labute approximate surface area is 176 Å². The van der Waals surface area contributed by atoms with Crippen LogP contribution in [0.1, 0.15) is 55.4 Å². The lowest BCUT2D eigenvalue weighted by Gasteiger charge is -2.34. The number of amides is 1. The highest BCUT2D eigenvalue weighted by Crippen LogP contribution is 2.27. The molecule has 0 aliphatic carbocycles. The summed E-state index contributed by atoms with van der Waals surface area (Å²) in [5.74, 6) is 0.354. The van der Waals surface area contributed by atoms with E-state index < -0.39 is 10.0 Å². The predicted octanol–water partition coefficient (Wildman–Crippen LogP) is 3.80. The first kappa shape index (κ1) is 21.9. The number of unbranched alkanes of at least 4 members (excludes halogenated alkanes) is 1. The third kappa shape index (κ3) is 5.40. The van der Waals surface area contributed by atoms with E-state index in [1.165, 1.54) is 35.6 Å². The minimum absolute atomic E-state index is 0.216. The van der Waals surface area contributed by atoms with Crippen LogP contribution in [0, 0.1) is 11.8 Å². The van der Waals surface area contributed by atoms with E-state index in [-0.39, 0.29) is 10.8 Å². The minimum atomic E-state index is -3.55. The minimum Gasteiger partial charge on any atom is -0.296 e. The summed E-state index contributed by atoms with van der Waals surface area (Å²) >= 11 is 1.37. The van der Waals surface area contributed by atoms with Crippen LogP contribution in [0.3, 0.4) is 0 Å². The van der Waals surface area contributed by atoms with Gasteiger partial charge in [-0.15, -0.1) is 10.2 Å². The van der Waals surface area contributed by atoms with E-state index in [0.717, 1.165) is 30.7 Å². The number of anilines is 1. The molecule has 1 saturated heterocycles. The molecule has 1 aromatic heterocycles. The number of hydrogen-bond acceptors (Lipinski definition) is 6. The SMILES string of the molecule is CCCCc1nnc(NC(=O)c2ccc(S(=O)(=O)N3CC(C)CC(C)C3)cc2)s1. The van der Waals surface area contributed by atoms with E-state index in [0.29, 0.717) is 35.6 Å². The molecule has 2 heterocycles. The second-order valence-corrected chi connectivity index (χ2v) is 10.9. The molecule has 1 aromatic carbocycles. The molecule has 0 saturated carbocycles. The fourth-order valence-electron chi connectivity index (χ4n) is 3.63. The van der Waals surface area contributed by atoms with Crippen LogP contribution in [-0.2, 0) is 16.4 Å². The fraction of sp³-hybridized carbons (Fsp3) is 0.550. The zero-order valence-corrected chi connectivity index (χ0v) is 18.7. The van der Waals surface area contributed by atoms with Crippen molar-refractivity contribution in [1.29, 1.82) is 0 Å². The molecule has 2 unspecified atom stereocenters. The van der Waals surface area contributed by atoms with Gasteiger partial charge in [0.1, 0.15) is 5.01 Å². The van der Waals surface area contributed by atoms with Crippen LogP contribution in [0.15, 0.2) is 29.2 Å². The number of aryl methyl sites for hydroxylation is 1. The normalized spacial score (nSPS) is 20.5. The monoisotopic (exact) mass is 436 g/mol. The lowest BCUT2D eigenvalue weighted by atomic mass is 9.94. The molecular weight excluding hydrogens is 408 g/mol. The Hall–Kier alpha value is -1.84. The molecule has 1 fully saturated rings. The van der Waals surface area contributed by atoms with Crippen molar-refractivity contribution in [2.45, 2.75) is 51.3 Å². The van der Waals surface area contributed by atoms with Gasteiger partial charge in [-0.2, -0.15) is 4.31 Å². The third-order valence-corrected chi connectivity index (χ3v) is 7.77. The second kappa shape index (κ2) is 9.32. The van der Waals surface area contributed by atoms with Crippen molar-refractivity contribution < 1.29 is 13.2 Å². The van der Waals surface area contributed by atoms with Gasteiger partial charge in [0.25, 0.3) is 5.91 Å². The maximum absolute atomic E-state index is 12.9. The molecule has 0 bridgehead atoms. The zero-order chi connectivity index (χ0) is 21.0. The van der Waals surface area contributed by atoms with Gasteiger partial charge < -0.3 is 0 Å². The zero-order valence-electron chi connectivity index (χ0n) is 17.1. The Morgan fingerprint density at radius 3 is 2.45 bits per heavy atom. The van der Waals surface area contributed by atoms with Gasteiger partial charge in [0.05, 0.1) is 4.90 Å². The largest absolute Gasteiger partial charge is 0.296 e. The van der Waals surface area contributed by atoms with Crippen LogP contribution in [-0.4, -0.2) is 41.9 Å². The number of carbonyl (C=O) groups is 1. The summed E-state index contributed by atoms with van der Waals surface area (Å²) in [6.45, 7) is 7.33. The van der Waals surface area contributed by atoms with Crippen molar-refractivity contribution in [3.63, 3.8) is 0 Å². The molecule has 2 atom stereocenters. The van der Waals surface area contributed by atoms with E-state index in [1.54, 1.807) is 4.31 Å². The molecule has 3 rings (SSSR count). The van der Waals surface area contributed by atoms with Crippen molar-refractivity contribution in [1.82, 2.24) is 14.5 Å². The van der Waals surface area contributed by atoms with Crippen molar-refractivity contribution in [3.05, 3.63) is 34.8 Å². The molecule has 1 aliphatic rings. The number of piperidine rings is 1. The molecule has 158 valence electrons. The van der Waals surface area contributed by atoms with Crippen LogP contribution in [0.2, 0.25) is 0 Å². The van der Waals surface area contributed by atoms with Crippen molar-refractivity contribution in [2.75, 3.05) is 18.4 Å². The highest BCUT2D eigenvalue weighted by molar-refractivity contribution is 7.89.